The number of hydrogen-bond donors (Lipinski definition) is 1. The maximum atomic E-state index is 4.65. The van der Waals surface area contributed by atoms with Crippen molar-refractivity contribution in [3.63, 3.8) is 0 Å². The molecule has 2 aromatic rings. The lowest BCUT2D eigenvalue weighted by atomic mass is 10.0. The van der Waals surface area contributed by atoms with E-state index in [1.54, 1.807) is 0 Å². The highest BCUT2D eigenvalue weighted by Gasteiger charge is 2.25. The highest BCUT2D eigenvalue weighted by molar-refractivity contribution is 9.09. The zero-order valence-corrected chi connectivity index (χ0v) is 11.4. The van der Waals surface area contributed by atoms with E-state index in [-0.39, 0.29) is 0 Å². The van der Waals surface area contributed by atoms with Gasteiger partial charge in [0.2, 0.25) is 5.95 Å². The number of hydrogen-bond acceptors (Lipinski definition) is 2. The third-order valence-corrected chi connectivity index (χ3v) is 4.84. The molecular formula is C13H16BrN3. The number of alkyl halides is 1. The minimum atomic E-state index is 0.642. The quantitative estimate of drug-likeness (QED) is 0.819. The molecule has 3 rings (SSSR count). The van der Waals surface area contributed by atoms with Crippen molar-refractivity contribution < 1.29 is 0 Å². The van der Waals surface area contributed by atoms with Gasteiger partial charge in [0.25, 0.3) is 0 Å². The lowest BCUT2D eigenvalue weighted by Crippen LogP contribution is -2.40. The summed E-state index contributed by atoms with van der Waals surface area (Å²) in [5, 5.41) is 0. The van der Waals surface area contributed by atoms with Crippen LogP contribution in [0.25, 0.3) is 11.0 Å². The van der Waals surface area contributed by atoms with E-state index in [2.05, 4.69) is 49.9 Å². The predicted octanol–water partition coefficient (Wildman–Crippen LogP) is 3.17. The van der Waals surface area contributed by atoms with Gasteiger partial charge in [-0.05, 0) is 24.5 Å². The van der Waals surface area contributed by atoms with Crippen molar-refractivity contribution in [1.29, 1.82) is 0 Å². The topological polar surface area (TPSA) is 31.9 Å². The molecule has 17 heavy (non-hydrogen) atoms. The summed E-state index contributed by atoms with van der Waals surface area (Å²) in [6.07, 6.45) is 1.18. The normalized spacial score (nSPS) is 25.4. The predicted molar refractivity (Wildman–Crippen MR) is 74.8 cm³/mol. The Labute approximate surface area is 109 Å². The van der Waals surface area contributed by atoms with Crippen molar-refractivity contribution in [2.45, 2.75) is 18.2 Å². The highest BCUT2D eigenvalue weighted by atomic mass is 79.9. The number of nitrogens with one attached hydrogen (secondary N) is 1. The minimum Gasteiger partial charge on any atom is -0.342 e. The van der Waals surface area contributed by atoms with Crippen molar-refractivity contribution >= 4 is 32.9 Å². The number of imidazole rings is 1. The first kappa shape index (κ1) is 11.1. The first-order chi connectivity index (χ1) is 8.24. The van der Waals surface area contributed by atoms with Crippen molar-refractivity contribution in [3.05, 3.63) is 24.3 Å². The second kappa shape index (κ2) is 4.33. The summed E-state index contributed by atoms with van der Waals surface area (Å²) in [6.45, 7) is 4.42. The van der Waals surface area contributed by atoms with E-state index in [4.69, 9.17) is 0 Å². The number of H-pyrrole nitrogens is 1. The second-order valence-corrected chi connectivity index (χ2v) is 5.98. The molecule has 2 unspecified atom stereocenters. The fraction of sp³-hybridized carbons (Fsp3) is 0.462. The van der Waals surface area contributed by atoms with Crippen LogP contribution in [0, 0.1) is 5.92 Å². The van der Waals surface area contributed by atoms with Crippen LogP contribution in [0.2, 0.25) is 0 Å². The SMILES string of the molecule is CC1CN(c2nc3ccccc3[nH]2)CCC1Br. The summed E-state index contributed by atoms with van der Waals surface area (Å²) >= 11 is 3.73. The number of rotatable bonds is 1. The van der Waals surface area contributed by atoms with Gasteiger partial charge < -0.3 is 9.88 Å². The monoisotopic (exact) mass is 293 g/mol. The number of piperidine rings is 1. The molecule has 0 bridgehead atoms. The number of aromatic amines is 1. The van der Waals surface area contributed by atoms with Gasteiger partial charge in [0.15, 0.2) is 0 Å². The molecule has 2 atom stereocenters. The van der Waals surface area contributed by atoms with Gasteiger partial charge in [-0.25, -0.2) is 4.98 Å². The Morgan fingerprint density at radius 2 is 2.24 bits per heavy atom. The van der Waals surface area contributed by atoms with E-state index >= 15 is 0 Å². The molecule has 90 valence electrons. The van der Waals surface area contributed by atoms with Gasteiger partial charge in [0.05, 0.1) is 11.0 Å². The number of halogens is 1. The number of para-hydroxylation sites is 2. The summed E-state index contributed by atoms with van der Waals surface area (Å²) in [5.74, 6) is 1.68. The number of nitrogens with zero attached hydrogens (tertiary/aromatic N) is 2. The van der Waals surface area contributed by atoms with Crippen LogP contribution in [-0.4, -0.2) is 27.9 Å². The van der Waals surface area contributed by atoms with E-state index in [1.807, 2.05) is 12.1 Å². The van der Waals surface area contributed by atoms with E-state index in [9.17, 15) is 0 Å². The molecule has 4 heteroatoms. The average Bonchev–Trinajstić information content (AvgIpc) is 2.76. The molecule has 1 aliphatic rings. The molecule has 3 nitrogen and oxygen atoms in total. The van der Waals surface area contributed by atoms with Gasteiger partial charge in [-0.3, -0.25) is 0 Å². The maximum absolute atomic E-state index is 4.65. The Kier molecular flexibility index (Phi) is 2.82. The molecule has 0 amide bonds. The summed E-state index contributed by atoms with van der Waals surface area (Å²) in [4.78, 5) is 11.0. The number of fused-ring (bicyclic) bond motifs is 1. The van der Waals surface area contributed by atoms with Crippen molar-refractivity contribution in [2.24, 2.45) is 5.92 Å². The van der Waals surface area contributed by atoms with Crippen LogP contribution in [0.4, 0.5) is 5.95 Å². The van der Waals surface area contributed by atoms with Crippen LogP contribution in [-0.2, 0) is 0 Å². The summed E-state index contributed by atoms with van der Waals surface area (Å²) < 4.78 is 0. The molecule has 0 saturated carbocycles. The van der Waals surface area contributed by atoms with Crippen molar-refractivity contribution in [3.8, 4) is 0 Å². The Morgan fingerprint density at radius 3 is 3.00 bits per heavy atom. The zero-order valence-electron chi connectivity index (χ0n) is 9.86. The van der Waals surface area contributed by atoms with Gasteiger partial charge in [0, 0.05) is 17.9 Å². The smallest absolute Gasteiger partial charge is 0.203 e. The molecule has 0 radical (unpaired) electrons. The van der Waals surface area contributed by atoms with Gasteiger partial charge in [0.1, 0.15) is 0 Å². The van der Waals surface area contributed by atoms with Crippen LogP contribution in [0.5, 0.6) is 0 Å². The lowest BCUT2D eigenvalue weighted by Gasteiger charge is -2.34. The van der Waals surface area contributed by atoms with Crippen LogP contribution in [0.3, 0.4) is 0 Å². The molecule has 1 aromatic heterocycles. The molecule has 1 fully saturated rings. The van der Waals surface area contributed by atoms with Gasteiger partial charge in [-0.15, -0.1) is 0 Å². The average molecular weight is 294 g/mol. The Bertz CT molecular complexity index is 489. The lowest BCUT2D eigenvalue weighted by molar-refractivity contribution is 0.462. The highest BCUT2D eigenvalue weighted by Crippen LogP contribution is 2.27. The van der Waals surface area contributed by atoms with Crippen LogP contribution < -0.4 is 4.90 Å². The molecular weight excluding hydrogens is 278 g/mol. The third-order valence-electron chi connectivity index (χ3n) is 3.48. The maximum Gasteiger partial charge on any atom is 0.203 e. The second-order valence-electron chi connectivity index (χ2n) is 4.81. The minimum absolute atomic E-state index is 0.642. The first-order valence-corrected chi connectivity index (χ1v) is 6.99. The van der Waals surface area contributed by atoms with Crippen molar-refractivity contribution in [2.75, 3.05) is 18.0 Å². The van der Waals surface area contributed by atoms with Crippen LogP contribution in [0.1, 0.15) is 13.3 Å². The number of aromatic nitrogens is 2. The Morgan fingerprint density at radius 1 is 1.41 bits per heavy atom. The van der Waals surface area contributed by atoms with E-state index in [1.165, 1.54) is 6.42 Å². The molecule has 1 saturated heterocycles. The fourth-order valence-electron chi connectivity index (χ4n) is 2.40. The fourth-order valence-corrected chi connectivity index (χ4v) is 2.77. The first-order valence-electron chi connectivity index (χ1n) is 6.08. The van der Waals surface area contributed by atoms with Gasteiger partial charge >= 0.3 is 0 Å². The number of anilines is 1. The summed E-state index contributed by atoms with van der Waals surface area (Å²) in [5.41, 5.74) is 2.17. The summed E-state index contributed by atoms with van der Waals surface area (Å²) in [6, 6.07) is 8.19. The molecule has 1 aliphatic heterocycles. The van der Waals surface area contributed by atoms with E-state index < -0.39 is 0 Å². The molecule has 0 aliphatic carbocycles. The molecule has 2 heterocycles. The van der Waals surface area contributed by atoms with Crippen molar-refractivity contribution in [1.82, 2.24) is 9.97 Å². The number of benzene rings is 1. The standard InChI is InChI=1S/C13H16BrN3/c1-9-8-17(7-6-10(9)14)13-15-11-4-2-3-5-12(11)16-13/h2-5,9-10H,6-8H2,1H3,(H,15,16). The Hall–Kier alpha value is -1.03. The molecule has 1 aromatic carbocycles. The zero-order chi connectivity index (χ0) is 11.8. The van der Waals surface area contributed by atoms with Gasteiger partial charge in [-0.1, -0.05) is 35.0 Å². The van der Waals surface area contributed by atoms with Crippen LogP contribution >= 0.6 is 15.9 Å². The molecule has 1 N–H and O–H groups in total. The van der Waals surface area contributed by atoms with Crippen LogP contribution in [0.15, 0.2) is 24.3 Å². The van der Waals surface area contributed by atoms with E-state index in [0.717, 1.165) is 30.1 Å². The Balaban J connectivity index is 1.88. The molecule has 0 spiro atoms. The van der Waals surface area contributed by atoms with Gasteiger partial charge in [-0.2, -0.15) is 0 Å². The largest absolute Gasteiger partial charge is 0.342 e. The summed E-state index contributed by atoms with van der Waals surface area (Å²) in [7, 11) is 0. The third kappa shape index (κ3) is 2.06. The van der Waals surface area contributed by atoms with E-state index in [0.29, 0.717) is 10.7 Å².